The fourth-order valence-corrected chi connectivity index (χ4v) is 3.50. The molecular formula is C18H19N3O5S. The highest BCUT2D eigenvalue weighted by Gasteiger charge is 2.26. The zero-order valence-electron chi connectivity index (χ0n) is 14.9. The number of hydrogen-bond acceptors (Lipinski definition) is 7. The fourth-order valence-electron chi connectivity index (χ4n) is 2.56. The summed E-state index contributed by atoms with van der Waals surface area (Å²) in [6, 6.07) is 9.10. The van der Waals surface area contributed by atoms with Crippen molar-refractivity contribution in [2.24, 2.45) is 0 Å². The summed E-state index contributed by atoms with van der Waals surface area (Å²) in [5, 5.41) is 6.16. The van der Waals surface area contributed by atoms with E-state index in [2.05, 4.69) is 10.5 Å². The molecule has 142 valence electrons. The Labute approximate surface area is 160 Å². The first-order valence-corrected chi connectivity index (χ1v) is 9.38. The van der Waals surface area contributed by atoms with Gasteiger partial charge in [-0.25, -0.2) is 0 Å². The highest BCUT2D eigenvalue weighted by atomic mass is 32.2. The molecule has 1 N–H and O–H groups in total. The molecule has 2 amide bonds. The number of para-hydroxylation sites is 1. The summed E-state index contributed by atoms with van der Waals surface area (Å²) >= 11 is 1.48. The lowest BCUT2D eigenvalue weighted by molar-refractivity contribution is -0.152. The van der Waals surface area contributed by atoms with Crippen molar-refractivity contribution in [2.75, 3.05) is 22.5 Å². The normalized spacial score (nSPS) is 14.4. The topological polar surface area (TPSA) is 102 Å². The highest BCUT2D eigenvalue weighted by Crippen LogP contribution is 2.34. The van der Waals surface area contributed by atoms with Gasteiger partial charge in [-0.1, -0.05) is 17.3 Å². The van der Waals surface area contributed by atoms with Crippen LogP contribution >= 0.6 is 11.8 Å². The number of nitrogens with one attached hydrogen (secondary N) is 1. The number of benzene rings is 1. The van der Waals surface area contributed by atoms with Crippen molar-refractivity contribution in [2.45, 2.75) is 31.3 Å². The van der Waals surface area contributed by atoms with Crippen LogP contribution in [0.3, 0.4) is 0 Å². The number of esters is 1. The predicted molar refractivity (Wildman–Crippen MR) is 99.6 cm³/mol. The number of nitrogens with zero attached hydrogens (tertiary/aromatic N) is 2. The van der Waals surface area contributed by atoms with Crippen LogP contribution in [0.25, 0.3) is 0 Å². The molecule has 0 aliphatic carbocycles. The number of hydrogen-bond donors (Lipinski definition) is 1. The van der Waals surface area contributed by atoms with Crippen LogP contribution in [0.5, 0.6) is 0 Å². The molecule has 0 unspecified atom stereocenters. The molecule has 1 atom stereocenters. The van der Waals surface area contributed by atoms with Crippen molar-refractivity contribution in [1.82, 2.24) is 5.16 Å². The fraction of sp³-hybridized carbons (Fsp3) is 0.333. The van der Waals surface area contributed by atoms with Gasteiger partial charge in [0.1, 0.15) is 5.76 Å². The van der Waals surface area contributed by atoms with Crippen LogP contribution in [0.15, 0.2) is 39.8 Å². The molecule has 0 fully saturated rings. The third kappa shape index (κ3) is 4.68. The molecule has 0 bridgehead atoms. The third-order valence-corrected chi connectivity index (χ3v) is 4.95. The minimum absolute atomic E-state index is 0.00850. The number of amides is 2. The Balaban J connectivity index is 1.52. The van der Waals surface area contributed by atoms with Crippen LogP contribution < -0.4 is 10.2 Å². The van der Waals surface area contributed by atoms with E-state index in [4.69, 9.17) is 9.26 Å². The second-order valence-corrected chi connectivity index (χ2v) is 7.01. The van der Waals surface area contributed by atoms with Crippen LogP contribution in [0.4, 0.5) is 11.5 Å². The Kier molecular flexibility index (Phi) is 5.80. The van der Waals surface area contributed by atoms with E-state index < -0.39 is 18.0 Å². The van der Waals surface area contributed by atoms with Gasteiger partial charge in [-0.15, -0.1) is 11.8 Å². The second-order valence-electron chi connectivity index (χ2n) is 6.00. The van der Waals surface area contributed by atoms with Gasteiger partial charge >= 0.3 is 5.97 Å². The lowest BCUT2D eigenvalue weighted by atomic mass is 10.2. The number of rotatable bonds is 6. The number of carbonyl (C=O) groups is 3. The third-order valence-electron chi connectivity index (χ3n) is 3.90. The SMILES string of the molecule is Cc1cc(NC(=O)[C@H](C)OC(=O)CCN2C(=O)CSc3ccccc32)no1. The van der Waals surface area contributed by atoms with Gasteiger partial charge in [0.25, 0.3) is 5.91 Å². The molecule has 3 rings (SSSR count). The van der Waals surface area contributed by atoms with Crippen molar-refractivity contribution in [3.05, 3.63) is 36.1 Å². The minimum Gasteiger partial charge on any atom is -0.452 e. The van der Waals surface area contributed by atoms with Gasteiger partial charge in [0.15, 0.2) is 11.9 Å². The van der Waals surface area contributed by atoms with E-state index in [1.165, 1.54) is 18.7 Å². The van der Waals surface area contributed by atoms with Gasteiger partial charge in [-0.2, -0.15) is 0 Å². The maximum absolute atomic E-state index is 12.2. The van der Waals surface area contributed by atoms with Crippen LogP contribution in [-0.2, 0) is 19.1 Å². The summed E-state index contributed by atoms with van der Waals surface area (Å²) in [6.07, 6.45) is -1.000. The second kappa shape index (κ2) is 8.26. The molecule has 1 aliphatic rings. The first kappa shape index (κ1) is 19.0. The molecule has 1 aromatic carbocycles. The molecule has 2 heterocycles. The van der Waals surface area contributed by atoms with Gasteiger partial charge in [-0.05, 0) is 26.0 Å². The van der Waals surface area contributed by atoms with Gasteiger partial charge in [-0.3, -0.25) is 14.4 Å². The highest BCUT2D eigenvalue weighted by molar-refractivity contribution is 8.00. The first-order valence-electron chi connectivity index (χ1n) is 8.40. The molecule has 0 saturated heterocycles. The maximum Gasteiger partial charge on any atom is 0.308 e. The van der Waals surface area contributed by atoms with Crippen molar-refractivity contribution in [3.8, 4) is 0 Å². The Morgan fingerprint density at radius 2 is 2.19 bits per heavy atom. The van der Waals surface area contributed by atoms with Gasteiger partial charge in [0.05, 0.1) is 17.9 Å². The number of ether oxygens (including phenoxy) is 1. The van der Waals surface area contributed by atoms with Crippen molar-refractivity contribution in [3.63, 3.8) is 0 Å². The number of aryl methyl sites for hydroxylation is 1. The lowest BCUT2D eigenvalue weighted by Gasteiger charge is -2.28. The number of carbonyl (C=O) groups excluding carboxylic acids is 3. The largest absolute Gasteiger partial charge is 0.452 e. The lowest BCUT2D eigenvalue weighted by Crippen LogP contribution is -2.38. The van der Waals surface area contributed by atoms with E-state index in [1.807, 2.05) is 24.3 Å². The van der Waals surface area contributed by atoms with E-state index in [1.54, 1.807) is 17.9 Å². The molecule has 1 aliphatic heterocycles. The van der Waals surface area contributed by atoms with E-state index in [0.29, 0.717) is 11.5 Å². The smallest absolute Gasteiger partial charge is 0.308 e. The van der Waals surface area contributed by atoms with E-state index in [0.717, 1.165) is 10.6 Å². The van der Waals surface area contributed by atoms with Crippen molar-refractivity contribution in [1.29, 1.82) is 0 Å². The van der Waals surface area contributed by atoms with Crippen molar-refractivity contribution < 1.29 is 23.6 Å². The zero-order valence-corrected chi connectivity index (χ0v) is 15.7. The summed E-state index contributed by atoms with van der Waals surface area (Å²) < 4.78 is 10.0. The summed E-state index contributed by atoms with van der Waals surface area (Å²) in [7, 11) is 0. The van der Waals surface area contributed by atoms with E-state index in [9.17, 15) is 14.4 Å². The van der Waals surface area contributed by atoms with Crippen LogP contribution in [-0.4, -0.2) is 41.3 Å². The average Bonchev–Trinajstić information content (AvgIpc) is 3.05. The molecule has 0 spiro atoms. The summed E-state index contributed by atoms with van der Waals surface area (Å²) in [6.45, 7) is 3.37. The quantitative estimate of drug-likeness (QED) is 0.757. The van der Waals surface area contributed by atoms with E-state index >= 15 is 0 Å². The maximum atomic E-state index is 12.2. The molecule has 0 saturated carbocycles. The standard InChI is InChI=1S/C18H19N3O5S/c1-11-9-15(20-26-11)19-18(24)12(2)25-17(23)7-8-21-13-5-3-4-6-14(13)27-10-16(21)22/h3-6,9,12H,7-8,10H2,1-2H3,(H,19,20,24)/t12-/m0/s1. The average molecular weight is 389 g/mol. The van der Waals surface area contributed by atoms with Crippen molar-refractivity contribution >= 4 is 41.1 Å². The number of aromatic nitrogens is 1. The summed E-state index contributed by atoms with van der Waals surface area (Å²) in [5.74, 6) is 0.0266. The molecule has 9 heteroatoms. The van der Waals surface area contributed by atoms with Gasteiger partial charge in [0.2, 0.25) is 5.91 Å². The monoisotopic (exact) mass is 389 g/mol. The molecule has 8 nitrogen and oxygen atoms in total. The number of thioether (sulfide) groups is 1. The van der Waals surface area contributed by atoms with Gasteiger partial charge < -0.3 is 19.5 Å². The van der Waals surface area contributed by atoms with Crippen LogP contribution in [0.2, 0.25) is 0 Å². The minimum atomic E-state index is -0.991. The van der Waals surface area contributed by atoms with Crippen LogP contribution in [0.1, 0.15) is 19.1 Å². The molecular weight excluding hydrogens is 370 g/mol. The zero-order chi connectivity index (χ0) is 19.4. The number of anilines is 2. The van der Waals surface area contributed by atoms with Crippen LogP contribution in [0, 0.1) is 6.92 Å². The Morgan fingerprint density at radius 3 is 2.93 bits per heavy atom. The summed E-state index contributed by atoms with van der Waals surface area (Å²) in [4.78, 5) is 38.9. The number of fused-ring (bicyclic) bond motifs is 1. The van der Waals surface area contributed by atoms with E-state index in [-0.39, 0.29) is 24.7 Å². The first-order chi connectivity index (χ1) is 12.9. The summed E-state index contributed by atoms with van der Waals surface area (Å²) in [5.41, 5.74) is 0.791. The predicted octanol–water partition coefficient (Wildman–Crippen LogP) is 2.38. The Bertz CT molecular complexity index is 866. The molecule has 27 heavy (non-hydrogen) atoms. The molecule has 0 radical (unpaired) electrons. The van der Waals surface area contributed by atoms with Gasteiger partial charge in [0, 0.05) is 17.5 Å². The molecule has 2 aromatic rings. The Hall–Kier alpha value is -2.81. The molecule has 1 aromatic heterocycles. The Morgan fingerprint density at radius 1 is 1.41 bits per heavy atom.